The Labute approximate surface area is 176 Å². The van der Waals surface area contributed by atoms with Crippen molar-refractivity contribution in [1.29, 1.82) is 0 Å². The normalized spacial score (nSPS) is 22.4. The Morgan fingerprint density at radius 3 is 2.72 bits per heavy atom. The first-order chi connectivity index (χ1) is 14.1. The summed E-state index contributed by atoms with van der Waals surface area (Å²) in [7, 11) is 0. The number of para-hydroxylation sites is 1. The van der Waals surface area contributed by atoms with E-state index in [0.717, 1.165) is 42.4 Å². The SMILES string of the molecule is CCn1c(C)cc(/C=C2\SC(=Nc3ccccc3)N(C[C@H]3CCCO3)C2=O)c1C. The van der Waals surface area contributed by atoms with Crippen molar-refractivity contribution >= 4 is 34.6 Å². The van der Waals surface area contributed by atoms with E-state index in [0.29, 0.717) is 11.4 Å². The van der Waals surface area contributed by atoms with E-state index in [1.165, 1.54) is 23.1 Å². The Kier molecular flexibility index (Phi) is 5.92. The average Bonchev–Trinajstić information content (AvgIpc) is 3.39. The molecule has 29 heavy (non-hydrogen) atoms. The topological polar surface area (TPSA) is 46.8 Å². The molecule has 1 atom stereocenters. The lowest BCUT2D eigenvalue weighted by molar-refractivity contribution is -0.123. The zero-order valence-corrected chi connectivity index (χ0v) is 18.0. The molecule has 4 rings (SSSR count). The standard InChI is InChI=1S/C23H27N3O2S/c1-4-25-16(2)13-18(17(25)3)14-21-22(27)26(15-20-11-8-12-28-20)23(29-21)24-19-9-6-5-7-10-19/h5-7,9-10,13-14,20H,4,8,11-12,15H2,1-3H3/b21-14-,24-23?/t20-/m1/s1. The molecule has 1 aromatic heterocycles. The summed E-state index contributed by atoms with van der Waals surface area (Å²) in [4.78, 5) is 20.5. The number of amidine groups is 1. The molecule has 0 aliphatic carbocycles. The summed E-state index contributed by atoms with van der Waals surface area (Å²) < 4.78 is 8.05. The molecule has 0 N–H and O–H groups in total. The first-order valence-electron chi connectivity index (χ1n) is 10.2. The van der Waals surface area contributed by atoms with Crippen LogP contribution >= 0.6 is 11.8 Å². The monoisotopic (exact) mass is 409 g/mol. The maximum atomic E-state index is 13.3. The van der Waals surface area contributed by atoms with E-state index < -0.39 is 0 Å². The van der Waals surface area contributed by atoms with Gasteiger partial charge >= 0.3 is 0 Å². The Hall–Kier alpha value is -2.31. The second kappa shape index (κ2) is 8.59. The Balaban J connectivity index is 1.67. The van der Waals surface area contributed by atoms with E-state index >= 15 is 0 Å². The molecule has 2 fully saturated rings. The van der Waals surface area contributed by atoms with Crippen LogP contribution in [0.15, 0.2) is 46.3 Å². The fourth-order valence-electron chi connectivity index (χ4n) is 3.96. The fourth-order valence-corrected chi connectivity index (χ4v) is 4.96. The summed E-state index contributed by atoms with van der Waals surface area (Å²) in [6.07, 6.45) is 4.14. The predicted octanol–water partition coefficient (Wildman–Crippen LogP) is 4.91. The number of hydrogen-bond acceptors (Lipinski definition) is 4. The number of rotatable bonds is 5. The lowest BCUT2D eigenvalue weighted by atomic mass is 10.2. The lowest BCUT2D eigenvalue weighted by Gasteiger charge is -2.19. The molecule has 0 bridgehead atoms. The van der Waals surface area contributed by atoms with Crippen LogP contribution in [0.1, 0.15) is 36.7 Å². The van der Waals surface area contributed by atoms with E-state index in [-0.39, 0.29) is 12.0 Å². The summed E-state index contributed by atoms with van der Waals surface area (Å²) in [6.45, 7) is 8.61. The number of carbonyl (C=O) groups is 1. The van der Waals surface area contributed by atoms with Gasteiger partial charge in [0, 0.05) is 24.5 Å². The third-order valence-corrected chi connectivity index (χ3v) is 6.50. The van der Waals surface area contributed by atoms with E-state index in [1.54, 1.807) is 4.90 Å². The van der Waals surface area contributed by atoms with E-state index in [2.05, 4.69) is 31.4 Å². The fraction of sp³-hybridized carbons (Fsp3) is 0.391. The summed E-state index contributed by atoms with van der Waals surface area (Å²) in [5, 5.41) is 0.729. The molecular weight excluding hydrogens is 382 g/mol. The molecule has 0 radical (unpaired) electrons. The highest BCUT2D eigenvalue weighted by atomic mass is 32.2. The van der Waals surface area contributed by atoms with Gasteiger partial charge in [-0.1, -0.05) is 18.2 Å². The molecule has 2 aliphatic rings. The van der Waals surface area contributed by atoms with Gasteiger partial charge in [-0.05, 0) is 75.2 Å². The third kappa shape index (κ3) is 4.19. The van der Waals surface area contributed by atoms with Crippen LogP contribution in [0.5, 0.6) is 0 Å². The molecule has 152 valence electrons. The van der Waals surface area contributed by atoms with Crippen molar-refractivity contribution in [1.82, 2.24) is 9.47 Å². The van der Waals surface area contributed by atoms with Gasteiger partial charge in [-0.25, -0.2) is 4.99 Å². The van der Waals surface area contributed by atoms with Crippen molar-refractivity contribution in [2.45, 2.75) is 46.3 Å². The van der Waals surface area contributed by atoms with E-state index in [9.17, 15) is 4.79 Å². The van der Waals surface area contributed by atoms with Gasteiger partial charge < -0.3 is 9.30 Å². The van der Waals surface area contributed by atoms with Crippen LogP contribution in [0.2, 0.25) is 0 Å². The predicted molar refractivity (Wildman–Crippen MR) is 119 cm³/mol. The van der Waals surface area contributed by atoms with Gasteiger partial charge in [0.1, 0.15) is 0 Å². The van der Waals surface area contributed by atoms with E-state index in [4.69, 9.17) is 9.73 Å². The molecule has 1 amide bonds. The van der Waals surface area contributed by atoms with Crippen molar-refractivity contribution in [3.05, 3.63) is 58.3 Å². The molecule has 6 heteroatoms. The second-order valence-corrected chi connectivity index (χ2v) is 8.47. The van der Waals surface area contributed by atoms with Gasteiger partial charge in [0.25, 0.3) is 5.91 Å². The highest BCUT2D eigenvalue weighted by molar-refractivity contribution is 8.18. The number of thioether (sulfide) groups is 1. The summed E-state index contributed by atoms with van der Waals surface area (Å²) in [5.41, 5.74) is 4.34. The number of aryl methyl sites for hydroxylation is 1. The molecule has 0 saturated carbocycles. The lowest BCUT2D eigenvalue weighted by Crippen LogP contribution is -2.36. The van der Waals surface area contributed by atoms with Crippen molar-refractivity contribution in [3.63, 3.8) is 0 Å². The number of hydrogen-bond donors (Lipinski definition) is 0. The van der Waals surface area contributed by atoms with Gasteiger partial charge in [0.15, 0.2) is 5.17 Å². The summed E-state index contributed by atoms with van der Waals surface area (Å²) >= 11 is 1.45. The number of aliphatic imine (C=N–C) groups is 1. The minimum Gasteiger partial charge on any atom is -0.376 e. The quantitative estimate of drug-likeness (QED) is 0.660. The van der Waals surface area contributed by atoms with Gasteiger partial charge in [0.2, 0.25) is 0 Å². The van der Waals surface area contributed by atoms with Gasteiger partial charge in [-0.15, -0.1) is 0 Å². The summed E-state index contributed by atoms with van der Waals surface area (Å²) in [5.74, 6) is 0.0153. The van der Waals surface area contributed by atoms with Gasteiger partial charge in [0.05, 0.1) is 23.2 Å². The Bertz CT molecular complexity index is 956. The maximum Gasteiger partial charge on any atom is 0.266 e. The molecule has 0 unspecified atom stereocenters. The van der Waals surface area contributed by atoms with Crippen LogP contribution in [0.25, 0.3) is 6.08 Å². The van der Waals surface area contributed by atoms with Crippen LogP contribution in [0.3, 0.4) is 0 Å². The zero-order chi connectivity index (χ0) is 20.4. The van der Waals surface area contributed by atoms with Crippen molar-refractivity contribution in [2.75, 3.05) is 13.2 Å². The molecule has 3 heterocycles. The van der Waals surface area contributed by atoms with Crippen LogP contribution < -0.4 is 0 Å². The number of ether oxygens (including phenoxy) is 1. The number of benzene rings is 1. The van der Waals surface area contributed by atoms with Gasteiger partial charge in [-0.3, -0.25) is 9.69 Å². The van der Waals surface area contributed by atoms with Crippen LogP contribution in [-0.4, -0.2) is 39.8 Å². The summed E-state index contributed by atoms with van der Waals surface area (Å²) in [6, 6.07) is 12.0. The van der Waals surface area contributed by atoms with Crippen molar-refractivity contribution < 1.29 is 9.53 Å². The first kappa shape index (κ1) is 20.0. The average molecular weight is 410 g/mol. The van der Waals surface area contributed by atoms with Crippen LogP contribution in [0.4, 0.5) is 5.69 Å². The number of carbonyl (C=O) groups excluding carboxylic acids is 1. The van der Waals surface area contributed by atoms with Crippen LogP contribution in [0, 0.1) is 13.8 Å². The second-order valence-electron chi connectivity index (χ2n) is 7.46. The molecule has 2 saturated heterocycles. The van der Waals surface area contributed by atoms with Crippen molar-refractivity contribution in [3.8, 4) is 0 Å². The maximum absolute atomic E-state index is 13.3. The zero-order valence-electron chi connectivity index (χ0n) is 17.2. The molecule has 1 aromatic carbocycles. The first-order valence-corrected chi connectivity index (χ1v) is 11.0. The molecular formula is C23H27N3O2S. The molecule has 2 aliphatic heterocycles. The minimum absolute atomic E-state index is 0.0153. The Morgan fingerprint density at radius 2 is 2.07 bits per heavy atom. The van der Waals surface area contributed by atoms with Gasteiger partial charge in [-0.2, -0.15) is 0 Å². The van der Waals surface area contributed by atoms with Crippen LogP contribution in [-0.2, 0) is 16.1 Å². The smallest absolute Gasteiger partial charge is 0.266 e. The highest BCUT2D eigenvalue weighted by Crippen LogP contribution is 2.35. The molecule has 5 nitrogen and oxygen atoms in total. The van der Waals surface area contributed by atoms with E-state index in [1.807, 2.05) is 36.4 Å². The number of amides is 1. The highest BCUT2D eigenvalue weighted by Gasteiger charge is 2.36. The van der Waals surface area contributed by atoms with Crippen molar-refractivity contribution in [2.24, 2.45) is 4.99 Å². The molecule has 2 aromatic rings. The third-order valence-electron chi connectivity index (χ3n) is 5.49. The number of nitrogens with zero attached hydrogens (tertiary/aromatic N) is 3. The Morgan fingerprint density at radius 1 is 1.28 bits per heavy atom. The molecule has 0 spiro atoms. The minimum atomic E-state index is 0.0153. The number of aromatic nitrogens is 1. The largest absolute Gasteiger partial charge is 0.376 e.